The summed E-state index contributed by atoms with van der Waals surface area (Å²) in [7, 11) is 3.75. The van der Waals surface area contributed by atoms with Gasteiger partial charge in [-0.2, -0.15) is 0 Å². The lowest BCUT2D eigenvalue weighted by Gasteiger charge is -2.34. The highest BCUT2D eigenvalue weighted by molar-refractivity contribution is 5.85. The first-order valence-corrected chi connectivity index (χ1v) is 8.88. The summed E-state index contributed by atoms with van der Waals surface area (Å²) in [6.07, 6.45) is 1.06. The maximum Gasteiger partial charge on any atom is 0.269 e. The fraction of sp³-hybridized carbons (Fsp3) is 0.400. The Morgan fingerprint density at radius 3 is 2.32 bits per heavy atom. The molecule has 0 amide bonds. The van der Waals surface area contributed by atoms with Crippen molar-refractivity contribution in [2.75, 3.05) is 27.2 Å². The van der Waals surface area contributed by atoms with Gasteiger partial charge in [-0.1, -0.05) is 31.2 Å². The van der Waals surface area contributed by atoms with Crippen LogP contribution in [0.15, 0.2) is 48.5 Å². The molecule has 156 valence electrons. The average Bonchev–Trinajstić information content (AvgIpc) is 2.63. The second kappa shape index (κ2) is 13.3. The molecular weight excluding hydrogens is 401 g/mol. The topological polar surface area (TPSA) is 67.6 Å². The van der Waals surface area contributed by atoms with Crippen molar-refractivity contribution in [1.29, 1.82) is 0 Å². The van der Waals surface area contributed by atoms with Gasteiger partial charge < -0.3 is 10.1 Å². The summed E-state index contributed by atoms with van der Waals surface area (Å²) < 4.78 is 6.13. The normalized spacial score (nSPS) is 15.0. The summed E-state index contributed by atoms with van der Waals surface area (Å²) in [6, 6.07) is 14.6. The zero-order valence-corrected chi connectivity index (χ0v) is 18.1. The molecule has 0 aliphatic carbocycles. The number of hydrogen-bond donors (Lipinski definition) is 1. The molecule has 1 aliphatic heterocycles. The maximum atomic E-state index is 10.7. The lowest BCUT2D eigenvalue weighted by atomic mass is 9.97. The Labute approximate surface area is 179 Å². The predicted octanol–water partition coefficient (Wildman–Crippen LogP) is 4.62. The Balaban J connectivity index is 0.00000137. The summed E-state index contributed by atoms with van der Waals surface area (Å²) >= 11 is 0. The molecule has 0 aromatic heterocycles. The number of benzene rings is 2. The molecule has 3 rings (SSSR count). The van der Waals surface area contributed by atoms with E-state index in [0.717, 1.165) is 26.1 Å². The summed E-state index contributed by atoms with van der Waals surface area (Å²) in [5.41, 5.74) is 2.58. The first-order valence-electron chi connectivity index (χ1n) is 8.88. The van der Waals surface area contributed by atoms with Crippen molar-refractivity contribution in [3.8, 4) is 5.75 Å². The second-order valence-electron chi connectivity index (χ2n) is 6.29. The molecule has 2 aromatic carbocycles. The summed E-state index contributed by atoms with van der Waals surface area (Å²) in [4.78, 5) is 12.7. The number of rotatable bonds is 5. The van der Waals surface area contributed by atoms with Crippen molar-refractivity contribution in [3.05, 3.63) is 69.8 Å². The van der Waals surface area contributed by atoms with Gasteiger partial charge in [-0.15, -0.1) is 24.8 Å². The standard InChI is InChI=1S/C18H20N2O3.C2H7N.2ClH/c1-2-11-19-12-14-5-3-4-6-17(14)18(13-19)23-16-9-7-15(8-10-16)20(21)22;1-3-2;;/h3-10,18H,2,11-13H2,1H3;3H,1-2H3;2*1H. The minimum Gasteiger partial charge on any atom is -0.484 e. The first kappa shape index (κ1) is 26.1. The van der Waals surface area contributed by atoms with Gasteiger partial charge >= 0.3 is 0 Å². The van der Waals surface area contributed by atoms with Gasteiger partial charge in [0.25, 0.3) is 5.69 Å². The number of nitrogens with zero attached hydrogens (tertiary/aromatic N) is 2. The van der Waals surface area contributed by atoms with Crippen LogP contribution in [0, 0.1) is 10.1 Å². The second-order valence-corrected chi connectivity index (χ2v) is 6.29. The van der Waals surface area contributed by atoms with E-state index < -0.39 is 4.92 Å². The minimum atomic E-state index is -0.400. The Hall–Kier alpha value is -1.86. The monoisotopic (exact) mass is 429 g/mol. The van der Waals surface area contributed by atoms with Crippen LogP contribution in [0.2, 0.25) is 0 Å². The van der Waals surface area contributed by atoms with Gasteiger partial charge in [-0.05, 0) is 50.3 Å². The molecule has 0 fully saturated rings. The number of nitro groups is 1. The third-order valence-electron chi connectivity index (χ3n) is 4.09. The van der Waals surface area contributed by atoms with Crippen LogP contribution in [0.25, 0.3) is 0 Å². The largest absolute Gasteiger partial charge is 0.484 e. The fourth-order valence-electron chi connectivity index (χ4n) is 3.03. The number of fused-ring (bicyclic) bond motifs is 1. The highest BCUT2D eigenvalue weighted by Gasteiger charge is 2.26. The average molecular weight is 430 g/mol. The van der Waals surface area contributed by atoms with Crippen LogP contribution in [0.4, 0.5) is 5.69 Å². The van der Waals surface area contributed by atoms with Crippen molar-refractivity contribution in [1.82, 2.24) is 10.2 Å². The van der Waals surface area contributed by atoms with E-state index in [2.05, 4.69) is 35.3 Å². The van der Waals surface area contributed by atoms with E-state index in [-0.39, 0.29) is 36.6 Å². The van der Waals surface area contributed by atoms with Gasteiger partial charge in [-0.3, -0.25) is 15.0 Å². The molecule has 1 unspecified atom stereocenters. The van der Waals surface area contributed by atoms with E-state index >= 15 is 0 Å². The highest BCUT2D eigenvalue weighted by atomic mass is 35.5. The maximum absolute atomic E-state index is 10.7. The smallest absolute Gasteiger partial charge is 0.269 e. The zero-order chi connectivity index (χ0) is 18.9. The van der Waals surface area contributed by atoms with E-state index in [4.69, 9.17) is 4.74 Å². The van der Waals surface area contributed by atoms with Crippen LogP contribution in [-0.4, -0.2) is 37.0 Å². The Morgan fingerprint density at radius 1 is 1.14 bits per heavy atom. The predicted molar refractivity (Wildman–Crippen MR) is 118 cm³/mol. The minimum absolute atomic E-state index is 0. The molecule has 0 saturated heterocycles. The van der Waals surface area contributed by atoms with Gasteiger partial charge in [-0.25, -0.2) is 0 Å². The van der Waals surface area contributed by atoms with Crippen LogP contribution in [0.1, 0.15) is 30.6 Å². The first-order chi connectivity index (χ1) is 12.6. The molecule has 1 atom stereocenters. The third-order valence-corrected chi connectivity index (χ3v) is 4.09. The molecule has 1 heterocycles. The van der Waals surface area contributed by atoms with Crippen LogP contribution in [-0.2, 0) is 6.54 Å². The summed E-state index contributed by atoms with van der Waals surface area (Å²) in [6.45, 7) is 4.99. The number of ether oxygens (including phenoxy) is 1. The van der Waals surface area contributed by atoms with Gasteiger partial charge in [0, 0.05) is 25.2 Å². The number of halogens is 2. The number of nitrogens with one attached hydrogen (secondary N) is 1. The molecule has 8 heteroatoms. The van der Waals surface area contributed by atoms with Crippen LogP contribution >= 0.6 is 24.8 Å². The van der Waals surface area contributed by atoms with E-state index in [0.29, 0.717) is 5.75 Å². The van der Waals surface area contributed by atoms with E-state index in [1.807, 2.05) is 20.2 Å². The summed E-state index contributed by atoms with van der Waals surface area (Å²) in [5, 5.41) is 13.5. The van der Waals surface area contributed by atoms with E-state index in [9.17, 15) is 10.1 Å². The third kappa shape index (κ3) is 7.28. The van der Waals surface area contributed by atoms with Crippen LogP contribution in [0.3, 0.4) is 0 Å². The van der Waals surface area contributed by atoms with Gasteiger partial charge in [0.15, 0.2) is 0 Å². The molecule has 6 nitrogen and oxygen atoms in total. The van der Waals surface area contributed by atoms with Crippen molar-refractivity contribution in [2.24, 2.45) is 0 Å². The quantitative estimate of drug-likeness (QED) is 0.554. The number of non-ortho nitro benzene ring substituents is 1. The molecule has 1 N–H and O–H groups in total. The molecule has 0 saturated carbocycles. The van der Waals surface area contributed by atoms with Crippen molar-refractivity contribution in [2.45, 2.75) is 26.0 Å². The Kier molecular flexibility index (Phi) is 12.5. The van der Waals surface area contributed by atoms with Crippen LogP contribution in [0.5, 0.6) is 5.75 Å². The molecule has 1 aliphatic rings. The number of nitro benzene ring substituents is 1. The van der Waals surface area contributed by atoms with Gasteiger partial charge in [0.05, 0.1) is 4.92 Å². The molecule has 2 aromatic rings. The SMILES string of the molecule is CCCN1Cc2ccccc2C(Oc2ccc([N+](=O)[O-])cc2)C1.CNC.Cl.Cl. The van der Waals surface area contributed by atoms with E-state index in [1.165, 1.54) is 23.3 Å². The van der Waals surface area contributed by atoms with Gasteiger partial charge in [0.2, 0.25) is 0 Å². The van der Waals surface area contributed by atoms with E-state index in [1.54, 1.807) is 12.1 Å². The van der Waals surface area contributed by atoms with Gasteiger partial charge in [0.1, 0.15) is 11.9 Å². The highest BCUT2D eigenvalue weighted by Crippen LogP contribution is 2.31. The molecule has 0 radical (unpaired) electrons. The molecule has 28 heavy (non-hydrogen) atoms. The lowest BCUT2D eigenvalue weighted by molar-refractivity contribution is -0.384. The van der Waals surface area contributed by atoms with Crippen molar-refractivity contribution >= 4 is 30.5 Å². The molecule has 0 spiro atoms. The zero-order valence-electron chi connectivity index (χ0n) is 16.5. The van der Waals surface area contributed by atoms with Crippen LogP contribution < -0.4 is 10.1 Å². The molecular formula is C20H29Cl2N3O3. The fourth-order valence-corrected chi connectivity index (χ4v) is 3.03. The Bertz CT molecular complexity index is 714. The Morgan fingerprint density at radius 2 is 1.75 bits per heavy atom. The van der Waals surface area contributed by atoms with Crippen molar-refractivity contribution < 1.29 is 9.66 Å². The lowest BCUT2D eigenvalue weighted by Crippen LogP contribution is -2.36. The summed E-state index contributed by atoms with van der Waals surface area (Å²) in [5.74, 6) is 0.661. The van der Waals surface area contributed by atoms with Crippen molar-refractivity contribution in [3.63, 3.8) is 0 Å². The number of hydrogen-bond acceptors (Lipinski definition) is 5. The molecule has 0 bridgehead atoms.